The number of aromatic nitrogens is 1. The second-order valence-corrected chi connectivity index (χ2v) is 8.60. The van der Waals surface area contributed by atoms with Crippen LogP contribution in [0.15, 0.2) is 40.7 Å². The molecule has 27 heavy (non-hydrogen) atoms. The molecule has 1 aromatic carbocycles. The van der Waals surface area contributed by atoms with E-state index >= 15 is 0 Å². The van der Waals surface area contributed by atoms with Crippen molar-refractivity contribution < 1.29 is 9.59 Å². The standard InChI is InChI=1S/C20H25N3O2S2/c24-18(22-15-8-4-2-1-3-5-9-15)14-27-17-11-7-6-10-16(17)19(25)23-20-21-12-13-26-20/h6-7,10-13,15H,1-5,8-9,14H2,(H,22,24)(H,21,23,25). The van der Waals surface area contributed by atoms with Crippen LogP contribution in [0.2, 0.25) is 0 Å². The third-order valence-corrected chi connectivity index (χ3v) is 6.38. The molecule has 1 aliphatic rings. The van der Waals surface area contributed by atoms with Crippen LogP contribution in [-0.2, 0) is 4.79 Å². The first kappa shape index (κ1) is 19.9. The van der Waals surface area contributed by atoms with Crippen LogP contribution in [0.3, 0.4) is 0 Å². The van der Waals surface area contributed by atoms with E-state index in [0.717, 1.165) is 17.7 Å². The van der Waals surface area contributed by atoms with Gasteiger partial charge in [0.05, 0.1) is 11.3 Å². The summed E-state index contributed by atoms with van der Waals surface area (Å²) < 4.78 is 0. The molecule has 2 N–H and O–H groups in total. The molecule has 1 fully saturated rings. The van der Waals surface area contributed by atoms with Crippen LogP contribution in [0.25, 0.3) is 0 Å². The highest BCUT2D eigenvalue weighted by Gasteiger charge is 2.16. The highest BCUT2D eigenvalue weighted by atomic mass is 32.2. The van der Waals surface area contributed by atoms with Crippen LogP contribution in [0.1, 0.15) is 55.3 Å². The molecule has 0 atom stereocenters. The number of nitrogens with one attached hydrogen (secondary N) is 2. The van der Waals surface area contributed by atoms with Crippen molar-refractivity contribution >= 4 is 40.0 Å². The largest absolute Gasteiger partial charge is 0.353 e. The Morgan fingerprint density at radius 2 is 1.85 bits per heavy atom. The van der Waals surface area contributed by atoms with Crippen molar-refractivity contribution in [3.05, 3.63) is 41.4 Å². The first-order chi connectivity index (χ1) is 13.2. The molecule has 0 aliphatic heterocycles. The minimum atomic E-state index is -0.200. The minimum Gasteiger partial charge on any atom is -0.353 e. The highest BCUT2D eigenvalue weighted by Crippen LogP contribution is 2.24. The Bertz CT molecular complexity index is 741. The Balaban J connectivity index is 1.54. The number of hydrogen-bond acceptors (Lipinski definition) is 5. The van der Waals surface area contributed by atoms with E-state index < -0.39 is 0 Å². The van der Waals surface area contributed by atoms with Gasteiger partial charge < -0.3 is 5.32 Å². The fourth-order valence-corrected chi connectivity index (χ4v) is 4.63. The lowest BCUT2D eigenvalue weighted by Gasteiger charge is -2.21. The summed E-state index contributed by atoms with van der Waals surface area (Å²) >= 11 is 2.78. The molecule has 0 bridgehead atoms. The number of amides is 2. The van der Waals surface area contributed by atoms with E-state index in [4.69, 9.17) is 0 Å². The zero-order valence-corrected chi connectivity index (χ0v) is 16.9. The monoisotopic (exact) mass is 403 g/mol. The summed E-state index contributed by atoms with van der Waals surface area (Å²) in [6, 6.07) is 7.66. The van der Waals surface area contributed by atoms with Crippen LogP contribution >= 0.6 is 23.1 Å². The number of hydrogen-bond donors (Lipinski definition) is 2. The van der Waals surface area contributed by atoms with Gasteiger partial charge in [-0.3, -0.25) is 14.9 Å². The topological polar surface area (TPSA) is 71.1 Å². The fourth-order valence-electron chi connectivity index (χ4n) is 3.24. The molecule has 1 aliphatic carbocycles. The molecule has 5 nitrogen and oxygen atoms in total. The molecule has 1 saturated carbocycles. The van der Waals surface area contributed by atoms with Gasteiger partial charge in [0.1, 0.15) is 0 Å². The first-order valence-electron chi connectivity index (χ1n) is 9.44. The molecule has 144 valence electrons. The van der Waals surface area contributed by atoms with Crippen LogP contribution in [0, 0.1) is 0 Å². The van der Waals surface area contributed by atoms with Crippen molar-refractivity contribution in [2.75, 3.05) is 11.1 Å². The smallest absolute Gasteiger partial charge is 0.258 e. The van der Waals surface area contributed by atoms with Gasteiger partial charge in [0, 0.05) is 22.5 Å². The summed E-state index contributed by atoms with van der Waals surface area (Å²) in [5, 5.41) is 8.36. The third-order valence-electron chi connectivity index (χ3n) is 4.61. The summed E-state index contributed by atoms with van der Waals surface area (Å²) in [7, 11) is 0. The van der Waals surface area contributed by atoms with Crippen LogP contribution in [-0.4, -0.2) is 28.6 Å². The lowest BCUT2D eigenvalue weighted by Crippen LogP contribution is -2.36. The van der Waals surface area contributed by atoms with Crippen molar-refractivity contribution in [3.8, 4) is 0 Å². The van der Waals surface area contributed by atoms with Gasteiger partial charge in [0.15, 0.2) is 5.13 Å². The number of thiazole rings is 1. The Hall–Kier alpha value is -1.86. The van der Waals surface area contributed by atoms with E-state index in [1.54, 1.807) is 12.3 Å². The SMILES string of the molecule is O=C(CSc1ccccc1C(=O)Nc1nccs1)NC1CCCCCCC1. The van der Waals surface area contributed by atoms with E-state index in [1.807, 2.05) is 23.6 Å². The molecule has 0 unspecified atom stereocenters. The second-order valence-electron chi connectivity index (χ2n) is 6.69. The lowest BCUT2D eigenvalue weighted by atomic mass is 9.97. The predicted octanol–water partition coefficient (Wildman–Crippen LogP) is 4.72. The van der Waals surface area contributed by atoms with Gasteiger partial charge in [0.25, 0.3) is 5.91 Å². The third kappa shape index (κ3) is 6.36. The Labute approximate surface area is 168 Å². The lowest BCUT2D eigenvalue weighted by molar-refractivity contribution is -0.119. The van der Waals surface area contributed by atoms with Gasteiger partial charge >= 0.3 is 0 Å². The van der Waals surface area contributed by atoms with Gasteiger partial charge in [0.2, 0.25) is 5.91 Å². The average Bonchev–Trinajstić information content (AvgIpc) is 3.15. The summed E-state index contributed by atoms with van der Waals surface area (Å²) in [6.07, 6.45) is 10.0. The van der Waals surface area contributed by atoms with Crippen molar-refractivity contribution in [1.29, 1.82) is 0 Å². The van der Waals surface area contributed by atoms with Crippen molar-refractivity contribution in [1.82, 2.24) is 10.3 Å². The number of rotatable bonds is 6. The molecular formula is C20H25N3O2S2. The van der Waals surface area contributed by atoms with Gasteiger partial charge in [-0.2, -0.15) is 0 Å². The number of benzene rings is 1. The maximum absolute atomic E-state index is 12.5. The maximum atomic E-state index is 12.5. The zero-order valence-electron chi connectivity index (χ0n) is 15.3. The van der Waals surface area contributed by atoms with E-state index in [2.05, 4.69) is 15.6 Å². The normalized spacial score (nSPS) is 15.6. The van der Waals surface area contributed by atoms with Crippen molar-refractivity contribution in [2.45, 2.75) is 55.9 Å². The molecule has 1 heterocycles. The van der Waals surface area contributed by atoms with Gasteiger partial charge in [-0.15, -0.1) is 23.1 Å². The van der Waals surface area contributed by atoms with Crippen LogP contribution < -0.4 is 10.6 Å². The van der Waals surface area contributed by atoms with E-state index in [9.17, 15) is 9.59 Å². The molecule has 3 rings (SSSR count). The summed E-state index contributed by atoms with van der Waals surface area (Å²) in [5.41, 5.74) is 0.566. The van der Waals surface area contributed by atoms with E-state index in [0.29, 0.717) is 22.5 Å². The summed E-state index contributed by atoms with van der Waals surface area (Å²) in [4.78, 5) is 29.8. The second kappa shape index (κ2) is 10.5. The number of anilines is 1. The van der Waals surface area contributed by atoms with Gasteiger partial charge in [-0.1, -0.05) is 44.2 Å². The molecule has 1 aromatic heterocycles. The summed E-state index contributed by atoms with van der Waals surface area (Å²) in [6.45, 7) is 0. The van der Waals surface area contributed by atoms with Crippen molar-refractivity contribution in [2.24, 2.45) is 0 Å². The number of nitrogens with zero attached hydrogens (tertiary/aromatic N) is 1. The fraction of sp³-hybridized carbons (Fsp3) is 0.450. The number of carbonyl (C=O) groups excluding carboxylic acids is 2. The Kier molecular flexibility index (Phi) is 7.71. The highest BCUT2D eigenvalue weighted by molar-refractivity contribution is 8.00. The molecule has 7 heteroatoms. The predicted molar refractivity (Wildman–Crippen MR) is 111 cm³/mol. The summed E-state index contributed by atoms with van der Waals surface area (Å²) in [5.74, 6) is 0.159. The maximum Gasteiger partial charge on any atom is 0.258 e. The molecule has 2 aromatic rings. The first-order valence-corrected chi connectivity index (χ1v) is 11.3. The zero-order chi connectivity index (χ0) is 18.9. The molecule has 0 spiro atoms. The van der Waals surface area contributed by atoms with E-state index in [-0.39, 0.29) is 11.8 Å². The number of thioether (sulfide) groups is 1. The minimum absolute atomic E-state index is 0.0423. The molecule has 2 amide bonds. The van der Waals surface area contributed by atoms with E-state index in [1.165, 1.54) is 55.2 Å². The molecule has 0 radical (unpaired) electrons. The van der Waals surface area contributed by atoms with Gasteiger partial charge in [-0.05, 0) is 25.0 Å². The van der Waals surface area contributed by atoms with Gasteiger partial charge in [-0.25, -0.2) is 4.98 Å². The quantitative estimate of drug-likeness (QED) is 0.685. The van der Waals surface area contributed by atoms with Crippen molar-refractivity contribution in [3.63, 3.8) is 0 Å². The average molecular weight is 404 g/mol. The van der Waals surface area contributed by atoms with Crippen LogP contribution in [0.4, 0.5) is 5.13 Å². The molecule has 0 saturated heterocycles. The molecular weight excluding hydrogens is 378 g/mol. The van der Waals surface area contributed by atoms with Crippen LogP contribution in [0.5, 0.6) is 0 Å². The Morgan fingerprint density at radius 3 is 2.59 bits per heavy atom. The Morgan fingerprint density at radius 1 is 1.11 bits per heavy atom. The number of carbonyl (C=O) groups is 2.